The molecular weight excluding hydrogens is 315 g/mol. The molecule has 3 heterocycles. The van der Waals surface area contributed by atoms with E-state index in [-0.39, 0.29) is 18.1 Å². The Balaban J connectivity index is 1.68. The highest BCUT2D eigenvalue weighted by Crippen LogP contribution is 2.26. The second-order valence-corrected chi connectivity index (χ2v) is 6.13. The van der Waals surface area contributed by atoms with E-state index in [1.165, 1.54) is 23.3 Å². The summed E-state index contributed by atoms with van der Waals surface area (Å²) < 4.78 is 17.7. The van der Waals surface area contributed by atoms with Crippen LogP contribution in [0.3, 0.4) is 0 Å². The number of halogens is 1. The van der Waals surface area contributed by atoms with Gasteiger partial charge in [-0.15, -0.1) is 0 Å². The molecule has 0 radical (unpaired) electrons. The first kappa shape index (κ1) is 16.4. The SMILES string of the molecule is CN(C[C@@]1(O)CCCN(c2ccc(F)cn2)C1)C(=O)c1ccon1. The van der Waals surface area contributed by atoms with E-state index < -0.39 is 11.4 Å². The molecule has 0 unspecified atom stereocenters. The lowest BCUT2D eigenvalue weighted by Gasteiger charge is -2.41. The minimum Gasteiger partial charge on any atom is -0.386 e. The lowest BCUT2D eigenvalue weighted by atomic mass is 9.92. The summed E-state index contributed by atoms with van der Waals surface area (Å²) in [6.45, 7) is 1.21. The smallest absolute Gasteiger partial charge is 0.275 e. The molecule has 3 rings (SSSR count). The highest BCUT2D eigenvalue weighted by molar-refractivity contribution is 5.91. The topological polar surface area (TPSA) is 82.7 Å². The molecule has 0 spiro atoms. The van der Waals surface area contributed by atoms with Gasteiger partial charge in [0.1, 0.15) is 17.9 Å². The van der Waals surface area contributed by atoms with Crippen LogP contribution in [0.1, 0.15) is 23.3 Å². The van der Waals surface area contributed by atoms with Gasteiger partial charge in [0.2, 0.25) is 0 Å². The number of aliphatic hydroxyl groups is 1. The maximum atomic E-state index is 13.0. The summed E-state index contributed by atoms with van der Waals surface area (Å²) in [6.07, 6.45) is 3.81. The van der Waals surface area contributed by atoms with Gasteiger partial charge < -0.3 is 19.4 Å². The van der Waals surface area contributed by atoms with Crippen molar-refractivity contribution in [3.8, 4) is 0 Å². The van der Waals surface area contributed by atoms with Gasteiger partial charge in [-0.2, -0.15) is 0 Å². The van der Waals surface area contributed by atoms with Gasteiger partial charge in [-0.3, -0.25) is 4.79 Å². The highest BCUT2D eigenvalue weighted by Gasteiger charge is 2.36. The average Bonchev–Trinajstić information content (AvgIpc) is 3.08. The summed E-state index contributed by atoms with van der Waals surface area (Å²) in [4.78, 5) is 19.6. The van der Waals surface area contributed by atoms with Crippen LogP contribution in [0.5, 0.6) is 0 Å². The molecule has 2 aromatic heterocycles. The standard InChI is InChI=1S/C16H19FN4O3/c1-20(15(22)13-5-8-24-19-13)10-16(23)6-2-7-21(11-16)14-4-3-12(17)9-18-14/h3-5,8-9,23H,2,6-7,10-11H2,1H3/t16-/m0/s1. The Kier molecular flexibility index (Phi) is 4.48. The number of aromatic nitrogens is 2. The van der Waals surface area contributed by atoms with E-state index in [9.17, 15) is 14.3 Å². The van der Waals surface area contributed by atoms with Gasteiger partial charge >= 0.3 is 0 Å². The number of piperidine rings is 1. The van der Waals surface area contributed by atoms with Gasteiger partial charge in [-0.05, 0) is 25.0 Å². The van der Waals surface area contributed by atoms with Gasteiger partial charge in [-0.1, -0.05) is 5.16 Å². The fourth-order valence-corrected chi connectivity index (χ4v) is 3.02. The molecule has 1 aliphatic heterocycles. The molecule has 0 aromatic carbocycles. The van der Waals surface area contributed by atoms with Crippen molar-refractivity contribution >= 4 is 11.7 Å². The lowest BCUT2D eigenvalue weighted by molar-refractivity contribution is -0.000378. The fraction of sp³-hybridized carbons (Fsp3) is 0.438. The quantitative estimate of drug-likeness (QED) is 0.908. The second kappa shape index (κ2) is 6.56. The Morgan fingerprint density at radius 1 is 1.50 bits per heavy atom. The van der Waals surface area contributed by atoms with Crippen molar-refractivity contribution in [2.45, 2.75) is 18.4 Å². The van der Waals surface area contributed by atoms with Crippen LogP contribution >= 0.6 is 0 Å². The van der Waals surface area contributed by atoms with Crippen LogP contribution in [-0.4, -0.2) is 58.3 Å². The molecule has 1 atom stereocenters. The Bertz CT molecular complexity index is 692. The predicted octanol–water partition coefficient (Wildman–Crippen LogP) is 1.31. The molecule has 128 valence electrons. The van der Waals surface area contributed by atoms with E-state index in [2.05, 4.69) is 14.7 Å². The van der Waals surface area contributed by atoms with Gasteiger partial charge in [-0.25, -0.2) is 9.37 Å². The molecule has 0 bridgehead atoms. The van der Waals surface area contributed by atoms with Crippen LogP contribution in [0.4, 0.5) is 10.2 Å². The third-order valence-corrected chi connectivity index (χ3v) is 4.13. The van der Waals surface area contributed by atoms with Crippen molar-refractivity contribution in [1.29, 1.82) is 0 Å². The number of anilines is 1. The van der Waals surface area contributed by atoms with Crippen molar-refractivity contribution in [2.75, 3.05) is 31.6 Å². The summed E-state index contributed by atoms with van der Waals surface area (Å²) in [7, 11) is 1.62. The number of nitrogens with zero attached hydrogens (tertiary/aromatic N) is 4. The molecule has 7 nitrogen and oxygen atoms in total. The highest BCUT2D eigenvalue weighted by atomic mass is 19.1. The number of hydrogen-bond donors (Lipinski definition) is 1. The first-order valence-corrected chi connectivity index (χ1v) is 7.72. The van der Waals surface area contributed by atoms with Gasteiger partial charge in [0.25, 0.3) is 5.91 Å². The molecule has 0 aliphatic carbocycles. The number of carbonyl (C=O) groups excluding carboxylic acids is 1. The number of amides is 1. The summed E-state index contributed by atoms with van der Waals surface area (Å²) in [5.74, 6) is -0.0989. The third kappa shape index (κ3) is 3.53. The number of pyridine rings is 1. The van der Waals surface area contributed by atoms with Crippen molar-refractivity contribution in [3.63, 3.8) is 0 Å². The van der Waals surface area contributed by atoms with E-state index in [1.54, 1.807) is 13.1 Å². The minimum atomic E-state index is -1.07. The van der Waals surface area contributed by atoms with Crippen LogP contribution in [0.2, 0.25) is 0 Å². The van der Waals surface area contributed by atoms with E-state index in [0.717, 1.165) is 19.2 Å². The van der Waals surface area contributed by atoms with Gasteiger partial charge in [0.15, 0.2) is 5.69 Å². The lowest BCUT2D eigenvalue weighted by Crippen LogP contribution is -2.54. The zero-order valence-corrected chi connectivity index (χ0v) is 13.4. The molecular formula is C16H19FN4O3. The zero-order valence-electron chi connectivity index (χ0n) is 13.4. The first-order valence-electron chi connectivity index (χ1n) is 7.72. The van der Waals surface area contributed by atoms with Crippen molar-refractivity contribution in [2.24, 2.45) is 0 Å². The maximum Gasteiger partial charge on any atom is 0.275 e. The van der Waals surface area contributed by atoms with Crippen LogP contribution in [0.15, 0.2) is 35.2 Å². The molecule has 2 aromatic rings. The molecule has 24 heavy (non-hydrogen) atoms. The molecule has 1 amide bonds. The summed E-state index contributed by atoms with van der Waals surface area (Å²) in [6, 6.07) is 4.42. The van der Waals surface area contributed by atoms with Gasteiger partial charge in [0.05, 0.1) is 18.3 Å². The number of β-amino-alcohol motifs (C(OH)–C–C–N with tert-alkyl or cyclic N) is 1. The van der Waals surface area contributed by atoms with E-state index in [0.29, 0.717) is 18.8 Å². The van der Waals surface area contributed by atoms with E-state index in [4.69, 9.17) is 0 Å². The van der Waals surface area contributed by atoms with Crippen molar-refractivity contribution in [3.05, 3.63) is 42.2 Å². The van der Waals surface area contributed by atoms with E-state index in [1.807, 2.05) is 4.90 Å². The Morgan fingerprint density at radius 3 is 3.00 bits per heavy atom. The first-order chi connectivity index (χ1) is 11.5. The average molecular weight is 334 g/mol. The molecule has 1 N–H and O–H groups in total. The third-order valence-electron chi connectivity index (χ3n) is 4.13. The number of hydrogen-bond acceptors (Lipinski definition) is 6. The second-order valence-electron chi connectivity index (χ2n) is 6.13. The largest absolute Gasteiger partial charge is 0.386 e. The Morgan fingerprint density at radius 2 is 2.33 bits per heavy atom. The van der Waals surface area contributed by atoms with E-state index >= 15 is 0 Å². The van der Waals surface area contributed by atoms with Crippen molar-refractivity contribution in [1.82, 2.24) is 15.0 Å². The molecule has 1 fully saturated rings. The minimum absolute atomic E-state index is 0.163. The van der Waals surface area contributed by atoms with Crippen LogP contribution in [0, 0.1) is 5.82 Å². The number of likely N-dealkylation sites (N-methyl/N-ethyl adjacent to an activating group) is 1. The Labute approximate surface area is 138 Å². The molecule has 0 saturated carbocycles. The molecule has 1 aliphatic rings. The summed E-state index contributed by atoms with van der Waals surface area (Å²) in [5, 5.41) is 14.5. The van der Waals surface area contributed by atoms with Crippen LogP contribution in [0.25, 0.3) is 0 Å². The van der Waals surface area contributed by atoms with Gasteiger partial charge in [0, 0.05) is 26.2 Å². The molecule has 1 saturated heterocycles. The predicted molar refractivity (Wildman–Crippen MR) is 84.1 cm³/mol. The maximum absolute atomic E-state index is 13.0. The summed E-state index contributed by atoms with van der Waals surface area (Å²) >= 11 is 0. The van der Waals surface area contributed by atoms with Crippen LogP contribution < -0.4 is 4.90 Å². The summed E-state index contributed by atoms with van der Waals surface area (Å²) in [5.41, 5.74) is -0.864. The van der Waals surface area contributed by atoms with Crippen LogP contribution in [-0.2, 0) is 0 Å². The number of rotatable bonds is 4. The fourth-order valence-electron chi connectivity index (χ4n) is 3.02. The Hall–Kier alpha value is -2.48. The van der Waals surface area contributed by atoms with Crippen molar-refractivity contribution < 1.29 is 18.8 Å². The zero-order chi connectivity index (χ0) is 17.2. The molecule has 8 heteroatoms. The number of carbonyl (C=O) groups is 1. The normalized spacial score (nSPS) is 20.9. The monoisotopic (exact) mass is 334 g/mol.